The largest absolute Gasteiger partial charge is 0.326 e. The van der Waals surface area contributed by atoms with Crippen molar-refractivity contribution in [2.75, 3.05) is 16.8 Å². The Bertz CT molecular complexity index is 894. The molecule has 5 nitrogen and oxygen atoms in total. The van der Waals surface area contributed by atoms with E-state index in [4.69, 9.17) is 16.9 Å². The van der Waals surface area contributed by atoms with Crippen molar-refractivity contribution in [1.29, 1.82) is 5.26 Å². The van der Waals surface area contributed by atoms with Crippen molar-refractivity contribution in [2.24, 2.45) is 5.92 Å². The second-order valence-corrected chi connectivity index (χ2v) is 6.09. The number of carbonyl (C=O) groups excluding carboxylic acids is 2. The first-order valence-electron chi connectivity index (χ1n) is 7.54. The third-order valence-electron chi connectivity index (χ3n) is 3.97. The van der Waals surface area contributed by atoms with Crippen LogP contribution < -0.4 is 10.2 Å². The van der Waals surface area contributed by atoms with Gasteiger partial charge in [-0.05, 0) is 36.4 Å². The van der Waals surface area contributed by atoms with Gasteiger partial charge < -0.3 is 10.2 Å². The van der Waals surface area contributed by atoms with Crippen LogP contribution in [0.1, 0.15) is 12.0 Å². The van der Waals surface area contributed by atoms with Gasteiger partial charge in [0.1, 0.15) is 5.82 Å². The second-order valence-electron chi connectivity index (χ2n) is 5.69. The third kappa shape index (κ3) is 3.62. The Labute approximate surface area is 148 Å². The van der Waals surface area contributed by atoms with Gasteiger partial charge in [-0.2, -0.15) is 5.26 Å². The molecule has 1 saturated heterocycles. The lowest BCUT2D eigenvalue weighted by Gasteiger charge is -2.17. The van der Waals surface area contributed by atoms with E-state index < -0.39 is 11.7 Å². The summed E-state index contributed by atoms with van der Waals surface area (Å²) < 4.78 is 13.3. The van der Waals surface area contributed by atoms with Crippen LogP contribution in [0.4, 0.5) is 15.8 Å². The summed E-state index contributed by atoms with van der Waals surface area (Å²) in [5.41, 5.74) is 1.39. The molecule has 2 amide bonds. The molecule has 1 unspecified atom stereocenters. The minimum absolute atomic E-state index is 0.0543. The summed E-state index contributed by atoms with van der Waals surface area (Å²) in [5.74, 6) is -1.64. The molecule has 0 spiro atoms. The van der Waals surface area contributed by atoms with Gasteiger partial charge in [-0.25, -0.2) is 4.39 Å². The fourth-order valence-corrected chi connectivity index (χ4v) is 2.87. The van der Waals surface area contributed by atoms with Crippen LogP contribution in [0.25, 0.3) is 0 Å². The molecule has 0 radical (unpaired) electrons. The number of halogens is 2. The zero-order valence-corrected chi connectivity index (χ0v) is 13.8. The topological polar surface area (TPSA) is 73.2 Å². The lowest BCUT2D eigenvalue weighted by atomic mass is 10.1. The number of hydrogen-bond donors (Lipinski definition) is 1. The summed E-state index contributed by atoms with van der Waals surface area (Å²) >= 11 is 5.76. The lowest BCUT2D eigenvalue weighted by Crippen LogP contribution is -2.28. The van der Waals surface area contributed by atoms with Gasteiger partial charge >= 0.3 is 0 Å². The van der Waals surface area contributed by atoms with Crippen molar-refractivity contribution in [2.45, 2.75) is 6.42 Å². The van der Waals surface area contributed by atoms with Gasteiger partial charge in [-0.3, -0.25) is 9.59 Å². The van der Waals surface area contributed by atoms with Gasteiger partial charge in [-0.15, -0.1) is 0 Å². The van der Waals surface area contributed by atoms with Gasteiger partial charge in [-0.1, -0.05) is 17.7 Å². The Morgan fingerprint density at radius 3 is 2.84 bits per heavy atom. The highest BCUT2D eigenvalue weighted by atomic mass is 35.5. The van der Waals surface area contributed by atoms with Crippen molar-refractivity contribution < 1.29 is 14.0 Å². The summed E-state index contributed by atoms with van der Waals surface area (Å²) in [7, 11) is 0. The summed E-state index contributed by atoms with van der Waals surface area (Å²) in [6, 6.07) is 12.5. The molecule has 1 aliphatic rings. The fraction of sp³-hybridized carbons (Fsp3) is 0.167. The third-order valence-corrected chi connectivity index (χ3v) is 4.26. The average Bonchev–Trinajstić information content (AvgIpc) is 2.99. The maximum Gasteiger partial charge on any atom is 0.229 e. The zero-order chi connectivity index (χ0) is 18.0. The number of amides is 2. The molecule has 7 heteroatoms. The van der Waals surface area contributed by atoms with Gasteiger partial charge in [0.15, 0.2) is 0 Å². The highest BCUT2D eigenvalue weighted by molar-refractivity contribution is 6.31. The number of anilines is 2. The Hall–Kier alpha value is -2.91. The highest BCUT2D eigenvalue weighted by Gasteiger charge is 2.35. The Kier molecular flexibility index (Phi) is 4.68. The van der Waals surface area contributed by atoms with E-state index >= 15 is 0 Å². The standard InChI is InChI=1S/C18H13ClFN3O2/c19-15-8-14(4-5-16(15)20)23-10-12(7-17(23)24)18(25)22-13-3-1-2-11(6-13)9-21/h1-6,8,12H,7,10H2,(H,22,25). The van der Waals surface area contributed by atoms with Crippen LogP contribution in [-0.4, -0.2) is 18.4 Å². The van der Waals surface area contributed by atoms with Crippen LogP contribution >= 0.6 is 11.6 Å². The SMILES string of the molecule is N#Cc1cccc(NC(=O)C2CC(=O)N(c3ccc(F)c(Cl)c3)C2)c1. The average molecular weight is 358 g/mol. The second kappa shape index (κ2) is 6.91. The Morgan fingerprint density at radius 1 is 1.32 bits per heavy atom. The molecule has 1 N–H and O–H groups in total. The van der Waals surface area contributed by atoms with Crippen molar-refractivity contribution in [3.63, 3.8) is 0 Å². The summed E-state index contributed by atoms with van der Waals surface area (Å²) in [6.07, 6.45) is 0.0543. The zero-order valence-electron chi connectivity index (χ0n) is 13.0. The molecule has 0 aromatic heterocycles. The van der Waals surface area contributed by atoms with Crippen LogP contribution in [-0.2, 0) is 9.59 Å². The number of hydrogen-bond acceptors (Lipinski definition) is 3. The normalized spacial score (nSPS) is 16.6. The molecule has 2 aromatic rings. The summed E-state index contributed by atoms with van der Waals surface area (Å²) in [6.45, 7) is 0.185. The molecule has 126 valence electrons. The maximum atomic E-state index is 13.3. The van der Waals surface area contributed by atoms with E-state index in [2.05, 4.69) is 5.32 Å². The van der Waals surface area contributed by atoms with Crippen LogP contribution in [0.3, 0.4) is 0 Å². The molecule has 1 aliphatic heterocycles. The van der Waals surface area contributed by atoms with Crippen LogP contribution in [0.5, 0.6) is 0 Å². The van der Waals surface area contributed by atoms with Crippen LogP contribution in [0, 0.1) is 23.1 Å². The molecule has 3 rings (SSSR count). The Morgan fingerprint density at radius 2 is 2.12 bits per heavy atom. The smallest absolute Gasteiger partial charge is 0.229 e. The fourth-order valence-electron chi connectivity index (χ4n) is 2.70. The van der Waals surface area contributed by atoms with Crippen molar-refractivity contribution in [3.8, 4) is 6.07 Å². The number of nitriles is 1. The number of rotatable bonds is 3. The predicted octanol–water partition coefficient (Wildman–Crippen LogP) is 3.34. The minimum atomic E-state index is -0.566. The highest BCUT2D eigenvalue weighted by Crippen LogP contribution is 2.29. The van der Waals surface area contributed by atoms with Crippen LogP contribution in [0.2, 0.25) is 5.02 Å². The van der Waals surface area contributed by atoms with E-state index in [1.165, 1.54) is 23.1 Å². The van der Waals surface area contributed by atoms with Crippen molar-refractivity contribution in [1.82, 2.24) is 0 Å². The van der Waals surface area contributed by atoms with E-state index in [0.717, 1.165) is 0 Å². The van der Waals surface area contributed by atoms with Crippen molar-refractivity contribution in [3.05, 3.63) is 58.9 Å². The van der Waals surface area contributed by atoms with Gasteiger partial charge in [0.25, 0.3) is 0 Å². The van der Waals surface area contributed by atoms with Crippen molar-refractivity contribution >= 4 is 34.8 Å². The lowest BCUT2D eigenvalue weighted by molar-refractivity contribution is -0.122. The van der Waals surface area contributed by atoms with Crippen LogP contribution in [0.15, 0.2) is 42.5 Å². The predicted molar refractivity (Wildman–Crippen MR) is 91.7 cm³/mol. The molecule has 0 bridgehead atoms. The molecule has 2 aromatic carbocycles. The first-order chi connectivity index (χ1) is 12.0. The van der Waals surface area contributed by atoms with E-state index in [1.807, 2.05) is 6.07 Å². The monoisotopic (exact) mass is 357 g/mol. The first kappa shape index (κ1) is 16.9. The quantitative estimate of drug-likeness (QED) is 0.915. The molecule has 0 aliphatic carbocycles. The number of carbonyl (C=O) groups is 2. The Balaban J connectivity index is 1.72. The van der Waals surface area contributed by atoms with E-state index in [1.54, 1.807) is 24.3 Å². The summed E-state index contributed by atoms with van der Waals surface area (Å²) in [5, 5.41) is 11.5. The van der Waals surface area contributed by atoms with E-state index in [9.17, 15) is 14.0 Å². The molecule has 1 fully saturated rings. The number of nitrogens with zero attached hydrogens (tertiary/aromatic N) is 2. The molecule has 0 saturated carbocycles. The molecular weight excluding hydrogens is 345 g/mol. The van der Waals surface area contributed by atoms with E-state index in [0.29, 0.717) is 16.9 Å². The molecule has 1 heterocycles. The molecule has 25 heavy (non-hydrogen) atoms. The number of nitrogens with one attached hydrogen (secondary N) is 1. The maximum absolute atomic E-state index is 13.3. The van der Waals surface area contributed by atoms with Gasteiger partial charge in [0.2, 0.25) is 11.8 Å². The first-order valence-corrected chi connectivity index (χ1v) is 7.92. The summed E-state index contributed by atoms with van der Waals surface area (Å²) in [4.78, 5) is 26.0. The molecular formula is C18H13ClFN3O2. The minimum Gasteiger partial charge on any atom is -0.326 e. The molecule has 1 atom stereocenters. The number of benzene rings is 2. The van der Waals surface area contributed by atoms with Gasteiger partial charge in [0, 0.05) is 24.3 Å². The van der Waals surface area contributed by atoms with Gasteiger partial charge in [0.05, 0.1) is 22.6 Å². The van der Waals surface area contributed by atoms with E-state index in [-0.39, 0.29) is 29.8 Å².